The van der Waals surface area contributed by atoms with Gasteiger partial charge in [-0.25, -0.2) is 0 Å². The third-order valence-corrected chi connectivity index (χ3v) is 5.41. The van der Waals surface area contributed by atoms with Crippen LogP contribution in [0.15, 0.2) is 51.8 Å². The van der Waals surface area contributed by atoms with E-state index in [1.54, 1.807) is 6.08 Å². The number of thioether (sulfide) groups is 1. The van der Waals surface area contributed by atoms with Gasteiger partial charge < -0.3 is 9.47 Å². The van der Waals surface area contributed by atoms with Crippen molar-refractivity contribution in [1.29, 1.82) is 0 Å². The molecular weight excluding hydrogens is 442 g/mol. The number of hydrogen-bond acceptors (Lipinski definition) is 5. The van der Waals surface area contributed by atoms with Gasteiger partial charge in [0.05, 0.1) is 18.1 Å². The summed E-state index contributed by atoms with van der Waals surface area (Å²) in [6.45, 7) is 4.84. The van der Waals surface area contributed by atoms with E-state index in [0.29, 0.717) is 17.3 Å². The van der Waals surface area contributed by atoms with Crippen LogP contribution in [0.2, 0.25) is 0 Å². The summed E-state index contributed by atoms with van der Waals surface area (Å²) in [6.07, 6.45) is 1.70. The van der Waals surface area contributed by atoms with Crippen LogP contribution in [-0.2, 0) is 4.79 Å². The van der Waals surface area contributed by atoms with Gasteiger partial charge in [0.2, 0.25) is 0 Å². The highest BCUT2D eigenvalue weighted by Gasteiger charge is 2.35. The maximum absolute atomic E-state index is 12.7. The minimum absolute atomic E-state index is 0.201. The standard InChI is InChI=1S/C21H20BrNO4S/c1-3-26-18-8-7-16(22)12-15(18)13-19-20(24)23(21(25)28-19)9-10-27-17-6-4-5-14(2)11-17/h4-8,11-13H,3,9-10H2,1-2H3/b19-13-. The molecule has 1 aliphatic heterocycles. The third-order valence-electron chi connectivity index (χ3n) is 4.01. The molecule has 0 spiro atoms. The molecule has 1 fully saturated rings. The molecule has 0 aliphatic carbocycles. The minimum Gasteiger partial charge on any atom is -0.493 e. The minimum atomic E-state index is -0.315. The third kappa shape index (κ3) is 4.97. The lowest BCUT2D eigenvalue weighted by Gasteiger charge is -2.13. The molecule has 7 heteroatoms. The number of imide groups is 1. The highest BCUT2D eigenvalue weighted by molar-refractivity contribution is 9.10. The van der Waals surface area contributed by atoms with Crippen molar-refractivity contribution in [2.45, 2.75) is 13.8 Å². The Bertz CT molecular complexity index is 928. The van der Waals surface area contributed by atoms with E-state index in [9.17, 15) is 9.59 Å². The van der Waals surface area contributed by atoms with E-state index in [2.05, 4.69) is 15.9 Å². The highest BCUT2D eigenvalue weighted by Crippen LogP contribution is 2.34. The van der Waals surface area contributed by atoms with E-state index in [1.807, 2.05) is 56.3 Å². The van der Waals surface area contributed by atoms with Gasteiger partial charge in [-0.3, -0.25) is 14.5 Å². The fraction of sp³-hybridized carbons (Fsp3) is 0.238. The molecule has 1 saturated heterocycles. The number of nitrogens with zero attached hydrogens (tertiary/aromatic N) is 1. The van der Waals surface area contributed by atoms with Crippen LogP contribution in [-0.4, -0.2) is 35.8 Å². The molecule has 0 aromatic heterocycles. The number of benzene rings is 2. The van der Waals surface area contributed by atoms with Crippen molar-refractivity contribution in [3.05, 3.63) is 63.0 Å². The predicted molar refractivity (Wildman–Crippen MR) is 115 cm³/mol. The Kier molecular flexibility index (Phi) is 6.80. The monoisotopic (exact) mass is 461 g/mol. The van der Waals surface area contributed by atoms with Crippen LogP contribution >= 0.6 is 27.7 Å². The molecular formula is C21H20BrNO4S. The molecule has 5 nitrogen and oxygen atoms in total. The summed E-state index contributed by atoms with van der Waals surface area (Å²) in [5.74, 6) is 1.07. The van der Waals surface area contributed by atoms with Crippen molar-refractivity contribution in [2.75, 3.05) is 19.8 Å². The Morgan fingerprint density at radius 1 is 1.14 bits per heavy atom. The van der Waals surface area contributed by atoms with Crippen LogP contribution in [0.3, 0.4) is 0 Å². The molecule has 3 rings (SSSR count). The number of halogens is 1. The van der Waals surface area contributed by atoms with Gasteiger partial charge in [0.1, 0.15) is 18.1 Å². The lowest BCUT2D eigenvalue weighted by molar-refractivity contribution is -0.123. The first kappa shape index (κ1) is 20.5. The van der Waals surface area contributed by atoms with Crippen molar-refractivity contribution >= 4 is 44.9 Å². The summed E-state index contributed by atoms with van der Waals surface area (Å²) in [5.41, 5.74) is 1.84. The zero-order valence-electron chi connectivity index (χ0n) is 15.6. The highest BCUT2D eigenvalue weighted by atomic mass is 79.9. The van der Waals surface area contributed by atoms with Crippen molar-refractivity contribution < 1.29 is 19.1 Å². The zero-order valence-corrected chi connectivity index (χ0v) is 18.0. The Morgan fingerprint density at radius 3 is 2.71 bits per heavy atom. The van der Waals surface area contributed by atoms with Gasteiger partial charge >= 0.3 is 0 Å². The van der Waals surface area contributed by atoms with Crippen LogP contribution in [0.4, 0.5) is 4.79 Å². The van der Waals surface area contributed by atoms with E-state index < -0.39 is 0 Å². The van der Waals surface area contributed by atoms with Gasteiger partial charge in [0, 0.05) is 10.0 Å². The van der Waals surface area contributed by atoms with Gasteiger partial charge in [0.15, 0.2) is 0 Å². The maximum Gasteiger partial charge on any atom is 0.293 e. The summed E-state index contributed by atoms with van der Waals surface area (Å²) in [4.78, 5) is 26.6. The fourth-order valence-corrected chi connectivity index (χ4v) is 3.95. The Labute approximate surface area is 176 Å². The molecule has 0 unspecified atom stereocenters. The maximum atomic E-state index is 12.7. The molecule has 2 amide bonds. The summed E-state index contributed by atoms with van der Waals surface area (Å²) < 4.78 is 12.1. The van der Waals surface area contributed by atoms with Gasteiger partial charge in [0.25, 0.3) is 11.1 Å². The topological polar surface area (TPSA) is 55.8 Å². The molecule has 1 aliphatic rings. The van der Waals surface area contributed by atoms with Crippen LogP contribution in [0.1, 0.15) is 18.1 Å². The normalized spacial score (nSPS) is 15.4. The van der Waals surface area contributed by atoms with Crippen molar-refractivity contribution in [1.82, 2.24) is 4.90 Å². The average molecular weight is 462 g/mol. The zero-order chi connectivity index (χ0) is 20.1. The van der Waals surface area contributed by atoms with Gasteiger partial charge in [-0.1, -0.05) is 28.1 Å². The second-order valence-electron chi connectivity index (χ2n) is 6.11. The van der Waals surface area contributed by atoms with E-state index in [-0.39, 0.29) is 24.3 Å². The SMILES string of the molecule is CCOc1ccc(Br)cc1/C=C1\SC(=O)N(CCOc2cccc(C)c2)C1=O. The first-order valence-electron chi connectivity index (χ1n) is 8.85. The van der Waals surface area contributed by atoms with E-state index in [4.69, 9.17) is 9.47 Å². The fourth-order valence-electron chi connectivity index (χ4n) is 2.71. The van der Waals surface area contributed by atoms with Gasteiger partial charge in [-0.05, 0) is 67.6 Å². The van der Waals surface area contributed by atoms with E-state index >= 15 is 0 Å². The lowest BCUT2D eigenvalue weighted by Crippen LogP contribution is -2.32. The molecule has 0 atom stereocenters. The Hall–Kier alpha value is -2.25. The molecule has 146 valence electrons. The molecule has 0 radical (unpaired) electrons. The summed E-state index contributed by atoms with van der Waals surface area (Å²) in [7, 11) is 0. The number of amides is 2. The smallest absolute Gasteiger partial charge is 0.293 e. The molecule has 1 heterocycles. The molecule has 28 heavy (non-hydrogen) atoms. The first-order valence-corrected chi connectivity index (χ1v) is 10.5. The van der Waals surface area contributed by atoms with Crippen LogP contribution in [0, 0.1) is 6.92 Å². The lowest BCUT2D eigenvalue weighted by atomic mass is 10.2. The van der Waals surface area contributed by atoms with E-state index in [1.165, 1.54) is 4.90 Å². The number of rotatable bonds is 7. The van der Waals surface area contributed by atoms with Crippen molar-refractivity contribution in [3.8, 4) is 11.5 Å². The van der Waals surface area contributed by atoms with Crippen molar-refractivity contribution in [3.63, 3.8) is 0 Å². The second-order valence-corrected chi connectivity index (χ2v) is 8.02. The number of carbonyl (C=O) groups excluding carboxylic acids is 2. The number of aryl methyl sites for hydroxylation is 1. The van der Waals surface area contributed by atoms with Crippen LogP contribution in [0.25, 0.3) is 6.08 Å². The molecule has 2 aromatic carbocycles. The molecule has 0 N–H and O–H groups in total. The number of hydrogen-bond donors (Lipinski definition) is 0. The van der Waals surface area contributed by atoms with E-state index in [0.717, 1.165) is 33.1 Å². The van der Waals surface area contributed by atoms with Crippen LogP contribution in [0.5, 0.6) is 11.5 Å². The molecule has 0 bridgehead atoms. The Morgan fingerprint density at radius 2 is 1.96 bits per heavy atom. The number of ether oxygens (including phenoxy) is 2. The summed E-state index contributed by atoms with van der Waals surface area (Å²) >= 11 is 4.36. The second kappa shape index (κ2) is 9.30. The first-order chi connectivity index (χ1) is 13.5. The molecule has 0 saturated carbocycles. The number of carbonyl (C=O) groups is 2. The summed E-state index contributed by atoms with van der Waals surface area (Å²) in [6, 6.07) is 13.2. The van der Waals surface area contributed by atoms with Crippen molar-refractivity contribution in [2.24, 2.45) is 0 Å². The predicted octanol–water partition coefficient (Wildman–Crippen LogP) is 5.27. The Balaban J connectivity index is 1.69. The molecule has 2 aromatic rings. The van der Waals surface area contributed by atoms with Gasteiger partial charge in [-0.15, -0.1) is 0 Å². The average Bonchev–Trinajstić information content (AvgIpc) is 2.91. The quantitative estimate of drug-likeness (QED) is 0.525. The summed E-state index contributed by atoms with van der Waals surface area (Å²) in [5, 5.41) is -0.294. The van der Waals surface area contributed by atoms with Crippen LogP contribution < -0.4 is 9.47 Å². The van der Waals surface area contributed by atoms with Gasteiger partial charge in [-0.2, -0.15) is 0 Å². The largest absolute Gasteiger partial charge is 0.493 e.